The summed E-state index contributed by atoms with van der Waals surface area (Å²) in [6.07, 6.45) is 2.09. The van der Waals surface area contributed by atoms with Gasteiger partial charge in [-0.3, -0.25) is 0 Å². The van der Waals surface area contributed by atoms with Crippen molar-refractivity contribution in [3.05, 3.63) is 58.0 Å². The Bertz CT molecular complexity index is 771. The van der Waals surface area contributed by atoms with Crippen molar-refractivity contribution >= 4 is 29.0 Å². The molecule has 0 amide bonds. The number of halogens is 2. The number of nitrogens with zero attached hydrogens (tertiary/aromatic N) is 3. The van der Waals surface area contributed by atoms with Gasteiger partial charge in [0.25, 0.3) is 5.89 Å². The predicted octanol–water partition coefficient (Wildman–Crippen LogP) is 3.61. The van der Waals surface area contributed by atoms with Gasteiger partial charge in [-0.15, -0.1) is 0 Å². The summed E-state index contributed by atoms with van der Waals surface area (Å²) in [5.74, 6) is 1.40. The van der Waals surface area contributed by atoms with Gasteiger partial charge in [-0.1, -0.05) is 34.4 Å². The summed E-state index contributed by atoms with van der Waals surface area (Å²) in [7, 11) is 0. The molecule has 0 spiro atoms. The molecule has 21 heavy (non-hydrogen) atoms. The van der Waals surface area contributed by atoms with Crippen molar-refractivity contribution in [2.24, 2.45) is 0 Å². The fraction of sp³-hybridized carbons (Fsp3) is 0.0714. The molecule has 7 heteroatoms. The van der Waals surface area contributed by atoms with Crippen molar-refractivity contribution in [2.45, 2.75) is 6.42 Å². The Morgan fingerprint density at radius 3 is 2.67 bits per heavy atom. The van der Waals surface area contributed by atoms with Crippen LogP contribution in [0.2, 0.25) is 10.0 Å². The van der Waals surface area contributed by atoms with Crippen LogP contribution >= 0.6 is 23.2 Å². The lowest BCUT2D eigenvalue weighted by atomic mass is 10.1. The van der Waals surface area contributed by atoms with E-state index < -0.39 is 0 Å². The highest BCUT2D eigenvalue weighted by Crippen LogP contribution is 2.24. The lowest BCUT2D eigenvalue weighted by Gasteiger charge is -1.99. The molecule has 0 aliphatic heterocycles. The van der Waals surface area contributed by atoms with E-state index in [-0.39, 0.29) is 0 Å². The maximum Gasteiger partial charge on any atom is 0.259 e. The topological polar surface area (TPSA) is 77.8 Å². The Kier molecular flexibility index (Phi) is 3.77. The van der Waals surface area contributed by atoms with Gasteiger partial charge in [-0.05, 0) is 29.8 Å². The number of nitrogen functional groups attached to an aromatic ring is 1. The Hall–Kier alpha value is -2.11. The summed E-state index contributed by atoms with van der Waals surface area (Å²) in [4.78, 5) is 8.31. The second kappa shape index (κ2) is 5.71. The molecule has 0 aliphatic carbocycles. The lowest BCUT2D eigenvalue weighted by molar-refractivity contribution is 0.424. The first-order chi connectivity index (χ1) is 10.1. The quantitative estimate of drug-likeness (QED) is 0.797. The van der Waals surface area contributed by atoms with E-state index in [0.717, 1.165) is 11.1 Å². The fourth-order valence-corrected chi connectivity index (χ4v) is 2.13. The van der Waals surface area contributed by atoms with Crippen LogP contribution in [-0.2, 0) is 6.42 Å². The summed E-state index contributed by atoms with van der Waals surface area (Å²) in [6.45, 7) is 0. The molecule has 0 atom stereocenters. The Labute approximate surface area is 130 Å². The number of nitrogens with two attached hydrogens (primary N) is 1. The third-order valence-electron chi connectivity index (χ3n) is 2.85. The molecule has 0 fully saturated rings. The van der Waals surface area contributed by atoms with Gasteiger partial charge in [0.2, 0.25) is 0 Å². The molecule has 3 aromatic rings. The number of anilines is 1. The zero-order chi connectivity index (χ0) is 14.8. The Morgan fingerprint density at radius 2 is 1.95 bits per heavy atom. The minimum absolute atomic E-state index is 0.401. The average molecular weight is 321 g/mol. The molecule has 0 saturated heterocycles. The summed E-state index contributed by atoms with van der Waals surface area (Å²) in [6, 6.07) is 8.85. The SMILES string of the molecule is Nc1ccc(-c2nc(Cc3ccc(Cl)c(Cl)c3)no2)cn1. The second-order valence-corrected chi connectivity index (χ2v) is 5.23. The van der Waals surface area contributed by atoms with Crippen molar-refractivity contribution in [1.82, 2.24) is 15.1 Å². The monoisotopic (exact) mass is 320 g/mol. The van der Waals surface area contributed by atoms with Gasteiger partial charge in [-0.25, -0.2) is 4.98 Å². The zero-order valence-electron chi connectivity index (χ0n) is 10.8. The average Bonchev–Trinajstić information content (AvgIpc) is 2.92. The van der Waals surface area contributed by atoms with E-state index in [1.807, 2.05) is 6.07 Å². The van der Waals surface area contributed by atoms with Crippen LogP contribution in [0.25, 0.3) is 11.5 Å². The first-order valence-electron chi connectivity index (χ1n) is 6.10. The first-order valence-corrected chi connectivity index (χ1v) is 6.86. The Balaban J connectivity index is 1.81. The van der Waals surface area contributed by atoms with E-state index in [2.05, 4.69) is 15.1 Å². The van der Waals surface area contributed by atoms with Crippen molar-refractivity contribution < 1.29 is 4.52 Å². The molecule has 0 aliphatic rings. The van der Waals surface area contributed by atoms with Gasteiger partial charge in [0.05, 0.1) is 15.6 Å². The van der Waals surface area contributed by atoms with E-state index >= 15 is 0 Å². The zero-order valence-corrected chi connectivity index (χ0v) is 12.3. The number of hydrogen-bond acceptors (Lipinski definition) is 5. The molecule has 106 valence electrons. The van der Waals surface area contributed by atoms with Gasteiger partial charge < -0.3 is 10.3 Å². The second-order valence-electron chi connectivity index (χ2n) is 4.41. The molecular weight excluding hydrogens is 311 g/mol. The molecule has 0 bridgehead atoms. The fourth-order valence-electron chi connectivity index (χ4n) is 1.81. The number of benzene rings is 1. The van der Waals surface area contributed by atoms with E-state index in [1.165, 1.54) is 0 Å². The van der Waals surface area contributed by atoms with E-state index in [1.54, 1.807) is 30.5 Å². The van der Waals surface area contributed by atoms with Gasteiger partial charge >= 0.3 is 0 Å². The van der Waals surface area contributed by atoms with Crippen molar-refractivity contribution in [1.29, 1.82) is 0 Å². The molecular formula is C14H10Cl2N4O. The first kappa shape index (κ1) is 13.9. The van der Waals surface area contributed by atoms with E-state index in [0.29, 0.717) is 34.0 Å². The van der Waals surface area contributed by atoms with Crippen LogP contribution in [0.1, 0.15) is 11.4 Å². The van der Waals surface area contributed by atoms with E-state index in [4.69, 9.17) is 33.5 Å². The van der Waals surface area contributed by atoms with Crippen LogP contribution in [-0.4, -0.2) is 15.1 Å². The number of pyridine rings is 1. The molecule has 0 radical (unpaired) electrons. The number of rotatable bonds is 3. The third-order valence-corrected chi connectivity index (χ3v) is 3.59. The van der Waals surface area contributed by atoms with E-state index in [9.17, 15) is 0 Å². The smallest absolute Gasteiger partial charge is 0.259 e. The summed E-state index contributed by atoms with van der Waals surface area (Å²) < 4.78 is 5.22. The molecule has 0 saturated carbocycles. The highest BCUT2D eigenvalue weighted by atomic mass is 35.5. The van der Waals surface area contributed by atoms with Gasteiger partial charge in [0.1, 0.15) is 5.82 Å². The Morgan fingerprint density at radius 1 is 1.10 bits per heavy atom. The minimum Gasteiger partial charge on any atom is -0.384 e. The highest BCUT2D eigenvalue weighted by molar-refractivity contribution is 6.42. The van der Waals surface area contributed by atoms with Crippen LogP contribution in [0.15, 0.2) is 41.1 Å². The summed E-state index contributed by atoms with van der Waals surface area (Å²) in [5, 5.41) is 4.96. The molecule has 2 heterocycles. The van der Waals surface area contributed by atoms with Crippen LogP contribution in [0.3, 0.4) is 0 Å². The summed E-state index contributed by atoms with van der Waals surface area (Å²) in [5.41, 5.74) is 7.21. The van der Waals surface area contributed by atoms with Gasteiger partial charge in [-0.2, -0.15) is 4.98 Å². The van der Waals surface area contributed by atoms with Gasteiger partial charge in [0.15, 0.2) is 5.82 Å². The minimum atomic E-state index is 0.401. The maximum absolute atomic E-state index is 5.98. The number of hydrogen-bond donors (Lipinski definition) is 1. The largest absolute Gasteiger partial charge is 0.384 e. The molecule has 1 aromatic carbocycles. The molecule has 3 rings (SSSR count). The van der Waals surface area contributed by atoms with Crippen molar-refractivity contribution in [3.8, 4) is 11.5 Å². The number of aromatic nitrogens is 3. The maximum atomic E-state index is 5.98. The lowest BCUT2D eigenvalue weighted by Crippen LogP contribution is -1.91. The standard InChI is InChI=1S/C14H10Cl2N4O/c15-10-3-1-8(5-11(10)16)6-13-19-14(21-20-13)9-2-4-12(17)18-7-9/h1-5,7H,6H2,(H2,17,18). The predicted molar refractivity (Wildman–Crippen MR) is 81.2 cm³/mol. The van der Waals surface area contributed by atoms with Crippen molar-refractivity contribution in [3.63, 3.8) is 0 Å². The summed E-state index contributed by atoms with van der Waals surface area (Å²) >= 11 is 11.9. The molecule has 5 nitrogen and oxygen atoms in total. The van der Waals surface area contributed by atoms with Crippen molar-refractivity contribution in [2.75, 3.05) is 5.73 Å². The third kappa shape index (κ3) is 3.15. The molecule has 2 aromatic heterocycles. The molecule has 0 unspecified atom stereocenters. The highest BCUT2D eigenvalue weighted by Gasteiger charge is 2.10. The van der Waals surface area contributed by atoms with Crippen LogP contribution < -0.4 is 5.73 Å². The van der Waals surface area contributed by atoms with Crippen LogP contribution in [0, 0.1) is 0 Å². The van der Waals surface area contributed by atoms with Crippen LogP contribution in [0.4, 0.5) is 5.82 Å². The normalized spacial score (nSPS) is 10.8. The molecule has 2 N–H and O–H groups in total. The van der Waals surface area contributed by atoms with Crippen LogP contribution in [0.5, 0.6) is 0 Å². The van der Waals surface area contributed by atoms with Gasteiger partial charge in [0, 0.05) is 12.6 Å².